The molecule has 4 saturated carbocycles. The number of carbonyl (C=O) groups is 2. The fraction of sp³-hybridized carbons (Fsp3) is 0.882. The largest absolute Gasteiger partial charge is 0.462 e. The van der Waals surface area contributed by atoms with Crippen molar-refractivity contribution in [3.05, 3.63) is 11.6 Å². The number of rotatable bonds is 2. The van der Waals surface area contributed by atoms with E-state index < -0.39 is 0 Å². The van der Waals surface area contributed by atoms with E-state index in [1.54, 1.807) is 19.4 Å². The molecule has 38 heavy (non-hydrogen) atoms. The number of esters is 2. The zero-order chi connectivity index (χ0) is 28.1. The first-order valence-corrected chi connectivity index (χ1v) is 15.5. The zero-order valence-corrected chi connectivity index (χ0v) is 26.0. The van der Waals surface area contributed by atoms with Gasteiger partial charge in [0.05, 0.1) is 0 Å². The fourth-order valence-corrected chi connectivity index (χ4v) is 11.3. The van der Waals surface area contributed by atoms with Crippen LogP contribution in [-0.4, -0.2) is 24.1 Å². The van der Waals surface area contributed by atoms with Gasteiger partial charge in [-0.25, -0.2) is 0 Å². The molecular formula is C34H54O4. The van der Waals surface area contributed by atoms with Gasteiger partial charge in [0.25, 0.3) is 0 Å². The maximum absolute atomic E-state index is 12.4. The molecule has 5 aliphatic carbocycles. The molecule has 0 radical (unpaired) electrons. The van der Waals surface area contributed by atoms with Crippen LogP contribution in [0.5, 0.6) is 0 Å². The highest BCUT2D eigenvalue weighted by molar-refractivity contribution is 5.66. The Bertz CT molecular complexity index is 1040. The first-order chi connectivity index (χ1) is 17.4. The van der Waals surface area contributed by atoms with E-state index in [0.717, 1.165) is 32.1 Å². The van der Waals surface area contributed by atoms with Crippen molar-refractivity contribution in [2.45, 2.75) is 139 Å². The summed E-state index contributed by atoms with van der Waals surface area (Å²) in [6.45, 7) is 22.8. The molecule has 0 bridgehead atoms. The van der Waals surface area contributed by atoms with Crippen molar-refractivity contribution in [2.75, 3.05) is 0 Å². The lowest BCUT2D eigenvalue weighted by Crippen LogP contribution is -2.66. The Balaban J connectivity index is 1.58. The molecule has 0 N–H and O–H groups in total. The maximum atomic E-state index is 12.4. The van der Waals surface area contributed by atoms with Crippen molar-refractivity contribution in [3.63, 3.8) is 0 Å². The highest BCUT2D eigenvalue weighted by Gasteiger charge is 2.70. The minimum absolute atomic E-state index is 0.000849. The molecule has 3 unspecified atom stereocenters. The Morgan fingerprint density at radius 3 is 2.00 bits per heavy atom. The third-order valence-corrected chi connectivity index (χ3v) is 13.7. The summed E-state index contributed by atoms with van der Waals surface area (Å²) in [5, 5.41) is 0. The van der Waals surface area contributed by atoms with Crippen molar-refractivity contribution in [1.82, 2.24) is 0 Å². The highest BCUT2D eigenvalue weighted by Crippen LogP contribution is 2.76. The molecule has 0 amide bonds. The summed E-state index contributed by atoms with van der Waals surface area (Å²) in [7, 11) is 0. The molecule has 214 valence electrons. The molecule has 0 aromatic carbocycles. The minimum atomic E-state index is -0.151. The van der Waals surface area contributed by atoms with Gasteiger partial charge in [-0.3, -0.25) is 9.59 Å². The van der Waals surface area contributed by atoms with Crippen LogP contribution in [0.25, 0.3) is 0 Å². The van der Waals surface area contributed by atoms with Crippen molar-refractivity contribution in [3.8, 4) is 0 Å². The monoisotopic (exact) mass is 526 g/mol. The van der Waals surface area contributed by atoms with Crippen molar-refractivity contribution in [1.29, 1.82) is 0 Å². The van der Waals surface area contributed by atoms with Gasteiger partial charge in [-0.1, -0.05) is 67.0 Å². The van der Waals surface area contributed by atoms with E-state index in [9.17, 15) is 9.59 Å². The van der Waals surface area contributed by atoms with Gasteiger partial charge in [0.2, 0.25) is 0 Å². The van der Waals surface area contributed by atoms with Gasteiger partial charge in [0.1, 0.15) is 12.2 Å². The highest BCUT2D eigenvalue weighted by atomic mass is 16.5. The lowest BCUT2D eigenvalue weighted by atomic mass is 9.33. The number of hydrogen-bond acceptors (Lipinski definition) is 4. The second kappa shape index (κ2) is 8.59. The summed E-state index contributed by atoms with van der Waals surface area (Å²) in [5.74, 6) is 1.28. The molecule has 9 atom stereocenters. The van der Waals surface area contributed by atoms with Gasteiger partial charge in [0, 0.05) is 24.7 Å². The predicted octanol–water partition coefficient (Wildman–Crippen LogP) is 8.28. The summed E-state index contributed by atoms with van der Waals surface area (Å²) in [6, 6.07) is 0. The lowest BCUT2D eigenvalue weighted by Gasteiger charge is -2.72. The van der Waals surface area contributed by atoms with Gasteiger partial charge >= 0.3 is 11.9 Å². The van der Waals surface area contributed by atoms with Crippen LogP contribution in [0.3, 0.4) is 0 Å². The van der Waals surface area contributed by atoms with E-state index in [1.165, 1.54) is 25.7 Å². The number of fused-ring (bicyclic) bond motifs is 7. The first kappa shape index (κ1) is 28.2. The van der Waals surface area contributed by atoms with Gasteiger partial charge in [-0.05, 0) is 97.2 Å². The van der Waals surface area contributed by atoms with Crippen LogP contribution in [0.1, 0.15) is 127 Å². The standard InChI is InChI=1S/C34H54O4/c1-21(35)37-27-14-15-32(8)25(30(27,5)6)13-16-33(9)26(32)12-11-23-24-19-29(3,4)17-18-31(24,7)28(38-22(2)36)20-34(23,33)10/h11,24-28H,12-20H2,1-10H3/t24?,25?,26?,27-,28+,31+,32+,33-,34-/m1/s1. The second-order valence-electron chi connectivity index (χ2n) is 16.5. The van der Waals surface area contributed by atoms with E-state index in [0.29, 0.717) is 23.2 Å². The van der Waals surface area contributed by atoms with Crippen LogP contribution in [0.4, 0.5) is 0 Å². The Morgan fingerprint density at radius 1 is 0.737 bits per heavy atom. The smallest absolute Gasteiger partial charge is 0.302 e. The summed E-state index contributed by atoms with van der Waals surface area (Å²) >= 11 is 0. The van der Waals surface area contributed by atoms with Crippen LogP contribution < -0.4 is 0 Å². The summed E-state index contributed by atoms with van der Waals surface area (Å²) in [4.78, 5) is 24.4. The molecule has 0 heterocycles. The molecule has 4 fully saturated rings. The van der Waals surface area contributed by atoms with Crippen molar-refractivity contribution >= 4 is 11.9 Å². The number of carbonyl (C=O) groups excluding carboxylic acids is 2. The quantitative estimate of drug-likeness (QED) is 0.268. The Kier molecular flexibility index (Phi) is 6.38. The molecule has 4 heteroatoms. The molecular weight excluding hydrogens is 472 g/mol. The fourth-order valence-electron chi connectivity index (χ4n) is 11.3. The van der Waals surface area contributed by atoms with Gasteiger partial charge in [-0.15, -0.1) is 0 Å². The van der Waals surface area contributed by atoms with Crippen LogP contribution >= 0.6 is 0 Å². The van der Waals surface area contributed by atoms with Crippen LogP contribution in [0.2, 0.25) is 0 Å². The summed E-state index contributed by atoms with van der Waals surface area (Å²) in [6.07, 6.45) is 12.7. The average molecular weight is 527 g/mol. The zero-order valence-electron chi connectivity index (χ0n) is 26.0. The topological polar surface area (TPSA) is 52.6 Å². The Labute approximate surface area is 232 Å². The normalized spacial score (nSPS) is 48.8. The van der Waals surface area contributed by atoms with Gasteiger partial charge < -0.3 is 9.47 Å². The van der Waals surface area contributed by atoms with Gasteiger partial charge in [0.15, 0.2) is 0 Å². The molecule has 0 spiro atoms. The van der Waals surface area contributed by atoms with Crippen LogP contribution in [-0.2, 0) is 19.1 Å². The number of allylic oxidation sites excluding steroid dienone is 2. The molecule has 0 saturated heterocycles. The molecule has 0 aliphatic heterocycles. The van der Waals surface area contributed by atoms with E-state index in [2.05, 4.69) is 61.5 Å². The maximum Gasteiger partial charge on any atom is 0.302 e. The molecule has 5 rings (SSSR count). The van der Waals surface area contributed by atoms with Crippen LogP contribution in [0.15, 0.2) is 11.6 Å². The molecule has 0 aromatic heterocycles. The first-order valence-electron chi connectivity index (χ1n) is 15.5. The van der Waals surface area contributed by atoms with Crippen molar-refractivity contribution < 1.29 is 19.1 Å². The van der Waals surface area contributed by atoms with E-state index in [-0.39, 0.29) is 51.2 Å². The van der Waals surface area contributed by atoms with E-state index in [1.807, 2.05) is 0 Å². The Hall–Kier alpha value is -1.32. The molecule has 0 aromatic rings. The number of hydrogen-bond donors (Lipinski definition) is 0. The third kappa shape index (κ3) is 3.80. The predicted molar refractivity (Wildman–Crippen MR) is 151 cm³/mol. The number of ether oxygens (including phenoxy) is 2. The summed E-state index contributed by atoms with van der Waals surface area (Å²) in [5.41, 5.74) is 2.33. The van der Waals surface area contributed by atoms with E-state index >= 15 is 0 Å². The molecule has 4 nitrogen and oxygen atoms in total. The minimum Gasteiger partial charge on any atom is -0.462 e. The SMILES string of the molecule is CC(=O)O[C@H]1C[C@]2(C)C(=CCC3[C@@]4(C)CC[C@@H](OC(C)=O)C(C)(C)C4CC[C@]32C)C2CC(C)(C)CC[C@@]21C. The Morgan fingerprint density at radius 2 is 1.37 bits per heavy atom. The van der Waals surface area contributed by atoms with Crippen molar-refractivity contribution in [2.24, 2.45) is 50.2 Å². The van der Waals surface area contributed by atoms with Gasteiger partial charge in [-0.2, -0.15) is 0 Å². The van der Waals surface area contributed by atoms with Crippen LogP contribution in [0, 0.1) is 50.2 Å². The average Bonchev–Trinajstić information content (AvgIpc) is 2.77. The lowest BCUT2D eigenvalue weighted by molar-refractivity contribution is -0.222. The molecule has 5 aliphatic rings. The van der Waals surface area contributed by atoms with E-state index in [4.69, 9.17) is 9.47 Å². The second-order valence-corrected chi connectivity index (χ2v) is 16.5. The third-order valence-electron chi connectivity index (χ3n) is 13.7. The summed E-state index contributed by atoms with van der Waals surface area (Å²) < 4.78 is 12.2.